The zero-order chi connectivity index (χ0) is 15.5. The van der Waals surface area contributed by atoms with Gasteiger partial charge in [-0.2, -0.15) is 13.2 Å². The van der Waals surface area contributed by atoms with Crippen molar-refractivity contribution in [1.29, 1.82) is 0 Å². The predicted molar refractivity (Wildman–Crippen MR) is 69.9 cm³/mol. The van der Waals surface area contributed by atoms with Crippen molar-refractivity contribution in [1.82, 2.24) is 0 Å². The molecule has 0 amide bonds. The Bertz CT molecular complexity index is 636. The van der Waals surface area contributed by atoms with Gasteiger partial charge in [0.25, 0.3) is 0 Å². The van der Waals surface area contributed by atoms with Crippen LogP contribution in [0.4, 0.5) is 13.2 Å². The van der Waals surface area contributed by atoms with Gasteiger partial charge in [-0.1, -0.05) is 36.4 Å². The van der Waals surface area contributed by atoms with Crippen molar-refractivity contribution in [2.75, 3.05) is 6.61 Å². The predicted octanol–water partition coefficient (Wildman–Crippen LogP) is 3.78. The van der Waals surface area contributed by atoms with E-state index in [0.29, 0.717) is 5.56 Å². The third-order valence-electron chi connectivity index (χ3n) is 2.69. The van der Waals surface area contributed by atoms with E-state index in [1.807, 2.05) is 6.07 Å². The first-order valence-corrected chi connectivity index (χ1v) is 5.99. The molecule has 0 aromatic heterocycles. The van der Waals surface area contributed by atoms with Crippen LogP contribution in [-0.4, -0.2) is 23.9 Å². The average Bonchev–Trinajstić information content (AvgIpc) is 2.45. The van der Waals surface area contributed by atoms with Crippen molar-refractivity contribution < 1.29 is 27.8 Å². The van der Waals surface area contributed by atoms with E-state index in [1.54, 1.807) is 30.3 Å². The number of esters is 1. The summed E-state index contributed by atoms with van der Waals surface area (Å²) in [6.45, 7) is -1.69. The highest BCUT2D eigenvalue weighted by Gasteiger charge is 2.30. The van der Waals surface area contributed by atoms with Crippen molar-refractivity contribution in [3.63, 3.8) is 0 Å². The Labute approximate surface area is 118 Å². The highest BCUT2D eigenvalue weighted by Crippen LogP contribution is 2.27. The van der Waals surface area contributed by atoms with Gasteiger partial charge in [0.2, 0.25) is 0 Å². The Morgan fingerprint density at radius 3 is 2.33 bits per heavy atom. The quantitative estimate of drug-likeness (QED) is 0.877. The fraction of sp³-hybridized carbons (Fsp3) is 0.133. The standard InChI is InChI=1S/C15H11F3O3/c16-15(17,18)9-21-14(20)12-8-11(6-7-13(12)19)10-4-2-1-3-5-10/h1-8,19H,9H2. The van der Waals surface area contributed by atoms with Crippen LogP contribution in [0.25, 0.3) is 11.1 Å². The van der Waals surface area contributed by atoms with Crippen LogP contribution in [0.2, 0.25) is 0 Å². The lowest BCUT2D eigenvalue weighted by Gasteiger charge is -2.10. The Kier molecular flexibility index (Phi) is 4.16. The maximum absolute atomic E-state index is 12.0. The highest BCUT2D eigenvalue weighted by molar-refractivity contribution is 5.94. The van der Waals surface area contributed by atoms with Crippen molar-refractivity contribution in [3.05, 3.63) is 54.1 Å². The Morgan fingerprint density at radius 1 is 1.05 bits per heavy atom. The van der Waals surface area contributed by atoms with Gasteiger partial charge in [-0.3, -0.25) is 0 Å². The molecule has 0 spiro atoms. The van der Waals surface area contributed by atoms with Crippen LogP contribution >= 0.6 is 0 Å². The van der Waals surface area contributed by atoms with Gasteiger partial charge >= 0.3 is 12.1 Å². The fourth-order valence-electron chi connectivity index (χ4n) is 1.73. The molecular formula is C15H11F3O3. The van der Waals surface area contributed by atoms with Crippen LogP contribution in [0.3, 0.4) is 0 Å². The highest BCUT2D eigenvalue weighted by atomic mass is 19.4. The summed E-state index contributed by atoms with van der Waals surface area (Å²) in [5, 5.41) is 9.60. The molecule has 2 aromatic rings. The van der Waals surface area contributed by atoms with E-state index < -0.39 is 24.5 Å². The molecule has 2 aromatic carbocycles. The van der Waals surface area contributed by atoms with Crippen molar-refractivity contribution in [2.24, 2.45) is 0 Å². The number of alkyl halides is 3. The van der Waals surface area contributed by atoms with E-state index in [4.69, 9.17) is 0 Å². The number of rotatable bonds is 3. The van der Waals surface area contributed by atoms with Crippen LogP contribution in [0.1, 0.15) is 10.4 Å². The second kappa shape index (κ2) is 5.87. The first-order valence-electron chi connectivity index (χ1n) is 5.99. The summed E-state index contributed by atoms with van der Waals surface area (Å²) < 4.78 is 40.3. The minimum absolute atomic E-state index is 0.305. The Morgan fingerprint density at radius 2 is 1.71 bits per heavy atom. The number of ether oxygens (including phenoxy) is 1. The summed E-state index contributed by atoms with van der Waals surface area (Å²) >= 11 is 0. The van der Waals surface area contributed by atoms with E-state index in [1.165, 1.54) is 12.1 Å². The smallest absolute Gasteiger partial charge is 0.422 e. The normalized spacial score (nSPS) is 11.2. The number of carbonyl (C=O) groups is 1. The molecule has 0 saturated carbocycles. The zero-order valence-corrected chi connectivity index (χ0v) is 10.7. The fourth-order valence-corrected chi connectivity index (χ4v) is 1.73. The number of hydrogen-bond donors (Lipinski definition) is 1. The lowest BCUT2D eigenvalue weighted by atomic mass is 10.0. The molecular weight excluding hydrogens is 285 g/mol. The summed E-state index contributed by atoms with van der Waals surface area (Å²) in [6, 6.07) is 13.0. The number of carbonyl (C=O) groups excluding carboxylic acids is 1. The van der Waals surface area contributed by atoms with Crippen molar-refractivity contribution >= 4 is 5.97 Å². The van der Waals surface area contributed by atoms with Gasteiger partial charge in [0, 0.05) is 0 Å². The van der Waals surface area contributed by atoms with E-state index in [-0.39, 0.29) is 5.56 Å². The minimum atomic E-state index is -4.61. The van der Waals surface area contributed by atoms with Gasteiger partial charge < -0.3 is 9.84 Å². The van der Waals surface area contributed by atoms with Crippen LogP contribution in [0, 0.1) is 0 Å². The number of hydrogen-bond acceptors (Lipinski definition) is 3. The second-order valence-corrected chi connectivity index (χ2v) is 4.29. The van der Waals surface area contributed by atoms with Gasteiger partial charge in [0.1, 0.15) is 11.3 Å². The number of phenols is 1. The molecule has 0 saturated heterocycles. The molecule has 0 bridgehead atoms. The third-order valence-corrected chi connectivity index (χ3v) is 2.69. The maximum Gasteiger partial charge on any atom is 0.422 e. The first-order chi connectivity index (χ1) is 9.87. The average molecular weight is 296 g/mol. The SMILES string of the molecule is O=C(OCC(F)(F)F)c1cc(-c2ccccc2)ccc1O. The molecule has 0 fully saturated rings. The maximum atomic E-state index is 12.0. The summed E-state index contributed by atoms with van der Waals surface area (Å²) in [7, 11) is 0. The van der Waals surface area contributed by atoms with Crippen LogP contribution in [0.15, 0.2) is 48.5 Å². The summed E-state index contributed by atoms with van der Waals surface area (Å²) in [5.41, 5.74) is 1.05. The molecule has 0 aliphatic rings. The van der Waals surface area contributed by atoms with E-state index in [0.717, 1.165) is 5.56 Å². The molecule has 0 atom stereocenters. The minimum Gasteiger partial charge on any atom is -0.507 e. The van der Waals surface area contributed by atoms with Crippen LogP contribution in [-0.2, 0) is 4.74 Å². The van der Waals surface area contributed by atoms with E-state index >= 15 is 0 Å². The third kappa shape index (κ3) is 3.98. The van der Waals surface area contributed by atoms with Gasteiger partial charge in [0.15, 0.2) is 6.61 Å². The van der Waals surface area contributed by atoms with Gasteiger partial charge in [-0.05, 0) is 23.3 Å². The zero-order valence-electron chi connectivity index (χ0n) is 10.7. The number of phenolic OH excluding ortho intramolecular Hbond substituents is 1. The van der Waals surface area contributed by atoms with E-state index in [9.17, 15) is 23.1 Å². The van der Waals surface area contributed by atoms with Gasteiger partial charge in [0.05, 0.1) is 0 Å². The van der Waals surface area contributed by atoms with Gasteiger partial charge in [-0.15, -0.1) is 0 Å². The molecule has 0 heterocycles. The molecule has 0 unspecified atom stereocenters. The molecule has 0 aliphatic heterocycles. The number of benzene rings is 2. The summed E-state index contributed by atoms with van der Waals surface area (Å²) in [6.07, 6.45) is -4.61. The number of halogens is 3. The van der Waals surface area contributed by atoms with Crippen LogP contribution in [0.5, 0.6) is 5.75 Å². The Hall–Kier alpha value is -2.50. The Balaban J connectivity index is 2.26. The second-order valence-electron chi connectivity index (χ2n) is 4.29. The topological polar surface area (TPSA) is 46.5 Å². The molecule has 110 valence electrons. The van der Waals surface area contributed by atoms with E-state index in [2.05, 4.69) is 4.74 Å². The lowest BCUT2D eigenvalue weighted by molar-refractivity contribution is -0.161. The first kappa shape index (κ1) is 14.9. The largest absolute Gasteiger partial charge is 0.507 e. The van der Waals surface area contributed by atoms with Gasteiger partial charge in [-0.25, -0.2) is 4.79 Å². The molecule has 0 radical (unpaired) electrons. The summed E-state index contributed by atoms with van der Waals surface area (Å²) in [5.74, 6) is -1.65. The molecule has 1 N–H and O–H groups in total. The molecule has 6 heteroatoms. The molecule has 21 heavy (non-hydrogen) atoms. The summed E-state index contributed by atoms with van der Waals surface area (Å²) in [4.78, 5) is 11.6. The van der Waals surface area contributed by atoms with Crippen molar-refractivity contribution in [3.8, 4) is 16.9 Å². The monoisotopic (exact) mass is 296 g/mol. The molecule has 3 nitrogen and oxygen atoms in total. The molecule has 2 rings (SSSR count). The number of aromatic hydroxyl groups is 1. The molecule has 0 aliphatic carbocycles. The lowest BCUT2D eigenvalue weighted by Crippen LogP contribution is -2.20. The van der Waals surface area contributed by atoms with Crippen molar-refractivity contribution in [2.45, 2.75) is 6.18 Å². The van der Waals surface area contributed by atoms with Crippen LogP contribution < -0.4 is 0 Å².